The van der Waals surface area contributed by atoms with E-state index in [9.17, 15) is 9.59 Å². The third kappa shape index (κ3) is 5.56. The maximum absolute atomic E-state index is 12.2. The number of hydrogen-bond donors (Lipinski definition) is 0. The van der Waals surface area contributed by atoms with Crippen LogP contribution >= 0.6 is 15.9 Å². The molecule has 0 aliphatic rings. The Hall–Kier alpha value is -1.87. The molecule has 0 fully saturated rings. The molecule has 1 rings (SSSR count). The molecule has 1 amide bonds. The van der Waals surface area contributed by atoms with Crippen LogP contribution < -0.4 is 4.90 Å². The second-order valence-electron chi connectivity index (χ2n) is 4.31. The maximum Gasteiger partial charge on any atom is 0.306 e. The molecule has 0 aliphatic heterocycles. The first-order chi connectivity index (χ1) is 10.1. The number of ether oxygens (including phenoxy) is 1. The first-order valence-corrected chi connectivity index (χ1v) is 7.47. The monoisotopic (exact) mass is 352 g/mol. The topological polar surface area (TPSA) is 70.4 Å². The highest BCUT2D eigenvalue weighted by Crippen LogP contribution is 2.26. The molecule has 0 saturated heterocycles. The van der Waals surface area contributed by atoms with Crippen LogP contribution in [0.15, 0.2) is 28.7 Å². The zero-order valence-corrected chi connectivity index (χ0v) is 13.4. The van der Waals surface area contributed by atoms with Gasteiger partial charge in [0.15, 0.2) is 0 Å². The van der Waals surface area contributed by atoms with Gasteiger partial charge in [0.05, 0.1) is 24.8 Å². The van der Waals surface area contributed by atoms with Crippen LogP contribution in [-0.2, 0) is 14.3 Å². The van der Waals surface area contributed by atoms with Crippen LogP contribution in [0.3, 0.4) is 0 Å². The standard InChI is InChI=1S/C15H17BrN2O3/c1-2-11-21-15(20)8-7-14(19)18(10-9-17)13-6-4-3-5-12(13)16/h3-6H,2,7-8,10-11H2,1H3. The highest BCUT2D eigenvalue weighted by atomic mass is 79.9. The smallest absolute Gasteiger partial charge is 0.306 e. The summed E-state index contributed by atoms with van der Waals surface area (Å²) in [6.45, 7) is 2.20. The minimum absolute atomic E-state index is 0.0191. The molecule has 0 aromatic heterocycles. The summed E-state index contributed by atoms with van der Waals surface area (Å²) in [5, 5.41) is 8.88. The molecule has 1 aromatic carbocycles. The van der Waals surface area contributed by atoms with Gasteiger partial charge < -0.3 is 4.74 Å². The van der Waals surface area contributed by atoms with E-state index in [0.29, 0.717) is 12.3 Å². The summed E-state index contributed by atoms with van der Waals surface area (Å²) in [7, 11) is 0. The van der Waals surface area contributed by atoms with Crippen LogP contribution in [-0.4, -0.2) is 25.0 Å². The van der Waals surface area contributed by atoms with E-state index in [-0.39, 0.29) is 25.3 Å². The van der Waals surface area contributed by atoms with Crippen molar-refractivity contribution in [2.75, 3.05) is 18.1 Å². The Morgan fingerprint density at radius 2 is 2.05 bits per heavy atom. The number of hydrogen-bond acceptors (Lipinski definition) is 4. The quantitative estimate of drug-likeness (QED) is 0.558. The van der Waals surface area contributed by atoms with Gasteiger partial charge in [0.2, 0.25) is 5.91 Å². The summed E-state index contributed by atoms with van der Waals surface area (Å²) >= 11 is 3.35. The van der Waals surface area contributed by atoms with Gasteiger partial charge in [0, 0.05) is 10.9 Å². The number of benzene rings is 1. The Balaban J connectivity index is 2.69. The second kappa shape index (κ2) is 9.14. The molecular formula is C15H17BrN2O3. The molecule has 0 aliphatic carbocycles. The van der Waals surface area contributed by atoms with Crippen LogP contribution in [0.5, 0.6) is 0 Å². The Kier molecular flexibility index (Phi) is 7.48. The van der Waals surface area contributed by atoms with Gasteiger partial charge >= 0.3 is 5.97 Å². The Morgan fingerprint density at radius 3 is 2.67 bits per heavy atom. The van der Waals surface area contributed by atoms with Gasteiger partial charge in [0.1, 0.15) is 6.54 Å². The number of amides is 1. The first-order valence-electron chi connectivity index (χ1n) is 6.67. The number of anilines is 1. The van der Waals surface area contributed by atoms with Gasteiger partial charge in [0.25, 0.3) is 0 Å². The molecule has 0 bridgehead atoms. The molecule has 0 radical (unpaired) electrons. The normalized spacial score (nSPS) is 9.76. The molecule has 0 saturated carbocycles. The fourth-order valence-corrected chi connectivity index (χ4v) is 2.18. The highest BCUT2D eigenvalue weighted by Gasteiger charge is 2.18. The van der Waals surface area contributed by atoms with E-state index >= 15 is 0 Å². The predicted octanol–water partition coefficient (Wildman–Crippen LogP) is 3.04. The van der Waals surface area contributed by atoms with Gasteiger partial charge in [-0.15, -0.1) is 0 Å². The minimum Gasteiger partial charge on any atom is -0.466 e. The third-order valence-corrected chi connectivity index (χ3v) is 3.35. The van der Waals surface area contributed by atoms with Gasteiger partial charge in [-0.3, -0.25) is 14.5 Å². The lowest BCUT2D eigenvalue weighted by Gasteiger charge is -2.20. The molecule has 0 unspecified atom stereocenters. The fourth-order valence-electron chi connectivity index (χ4n) is 1.68. The van der Waals surface area contributed by atoms with Crippen molar-refractivity contribution in [2.24, 2.45) is 0 Å². The average molecular weight is 353 g/mol. The Morgan fingerprint density at radius 1 is 1.33 bits per heavy atom. The van der Waals surface area contributed by atoms with Crippen molar-refractivity contribution in [1.82, 2.24) is 0 Å². The minimum atomic E-state index is -0.394. The average Bonchev–Trinajstić information content (AvgIpc) is 2.49. The maximum atomic E-state index is 12.2. The molecule has 21 heavy (non-hydrogen) atoms. The largest absolute Gasteiger partial charge is 0.466 e. The van der Waals surface area contributed by atoms with Crippen molar-refractivity contribution in [1.29, 1.82) is 5.26 Å². The van der Waals surface area contributed by atoms with Crippen LogP contribution in [0.2, 0.25) is 0 Å². The van der Waals surface area contributed by atoms with Crippen LogP contribution in [0.1, 0.15) is 26.2 Å². The lowest BCUT2D eigenvalue weighted by molar-refractivity contribution is -0.144. The van der Waals surface area contributed by atoms with Crippen LogP contribution in [0.4, 0.5) is 5.69 Å². The molecular weight excluding hydrogens is 336 g/mol. The number of para-hydroxylation sites is 1. The van der Waals surface area contributed by atoms with E-state index < -0.39 is 5.97 Å². The van der Waals surface area contributed by atoms with Crippen molar-refractivity contribution >= 4 is 33.5 Å². The van der Waals surface area contributed by atoms with Gasteiger partial charge in [-0.05, 0) is 34.5 Å². The first kappa shape index (κ1) is 17.2. The van der Waals surface area contributed by atoms with Crippen molar-refractivity contribution in [3.63, 3.8) is 0 Å². The number of halogens is 1. The van der Waals surface area contributed by atoms with E-state index in [1.54, 1.807) is 18.2 Å². The summed E-state index contributed by atoms with van der Waals surface area (Å²) < 4.78 is 5.65. The highest BCUT2D eigenvalue weighted by molar-refractivity contribution is 9.10. The predicted molar refractivity (Wildman–Crippen MR) is 82.6 cm³/mol. The number of nitrogens with zero attached hydrogens (tertiary/aromatic N) is 2. The number of esters is 1. The molecule has 0 N–H and O–H groups in total. The summed E-state index contributed by atoms with van der Waals surface area (Å²) in [5.41, 5.74) is 0.617. The summed E-state index contributed by atoms with van der Waals surface area (Å²) in [5.74, 6) is -0.675. The van der Waals surface area contributed by atoms with E-state index in [2.05, 4.69) is 15.9 Å². The number of rotatable bonds is 7. The zero-order chi connectivity index (χ0) is 15.7. The van der Waals surface area contributed by atoms with Crippen molar-refractivity contribution in [3.8, 4) is 6.07 Å². The SMILES string of the molecule is CCCOC(=O)CCC(=O)N(CC#N)c1ccccc1Br. The Bertz CT molecular complexity index is 540. The number of carbonyl (C=O) groups is 2. The van der Waals surface area contributed by atoms with E-state index in [4.69, 9.17) is 10.00 Å². The van der Waals surface area contributed by atoms with E-state index in [1.807, 2.05) is 19.1 Å². The Labute approximate surface area is 132 Å². The molecule has 112 valence electrons. The lowest BCUT2D eigenvalue weighted by atomic mass is 10.2. The van der Waals surface area contributed by atoms with Crippen LogP contribution in [0.25, 0.3) is 0 Å². The van der Waals surface area contributed by atoms with E-state index in [1.165, 1.54) is 4.90 Å². The van der Waals surface area contributed by atoms with E-state index in [0.717, 1.165) is 10.9 Å². The number of carbonyl (C=O) groups excluding carboxylic acids is 2. The van der Waals surface area contributed by atoms with Crippen molar-refractivity contribution < 1.29 is 14.3 Å². The lowest BCUT2D eigenvalue weighted by Crippen LogP contribution is -2.32. The van der Waals surface area contributed by atoms with Gasteiger partial charge in [-0.1, -0.05) is 19.1 Å². The molecule has 0 spiro atoms. The van der Waals surface area contributed by atoms with Crippen molar-refractivity contribution in [3.05, 3.63) is 28.7 Å². The molecule has 5 nitrogen and oxygen atoms in total. The molecule has 1 aromatic rings. The summed E-state index contributed by atoms with van der Waals surface area (Å²) in [4.78, 5) is 25.0. The molecule has 0 heterocycles. The molecule has 0 atom stereocenters. The number of nitriles is 1. The summed E-state index contributed by atoms with van der Waals surface area (Å²) in [6.07, 6.45) is 0.786. The van der Waals surface area contributed by atoms with Crippen LogP contribution in [0, 0.1) is 11.3 Å². The van der Waals surface area contributed by atoms with Gasteiger partial charge in [-0.25, -0.2) is 0 Å². The zero-order valence-electron chi connectivity index (χ0n) is 11.8. The fraction of sp³-hybridized carbons (Fsp3) is 0.400. The second-order valence-corrected chi connectivity index (χ2v) is 5.16. The summed E-state index contributed by atoms with van der Waals surface area (Å²) in [6, 6.07) is 9.11. The van der Waals surface area contributed by atoms with Crippen molar-refractivity contribution in [2.45, 2.75) is 26.2 Å². The molecule has 6 heteroatoms. The third-order valence-electron chi connectivity index (χ3n) is 2.68. The van der Waals surface area contributed by atoms with Gasteiger partial charge in [-0.2, -0.15) is 5.26 Å².